The van der Waals surface area contributed by atoms with Gasteiger partial charge in [0.1, 0.15) is 13.2 Å². The van der Waals surface area contributed by atoms with Gasteiger partial charge in [0.15, 0.2) is 6.10 Å². The van der Waals surface area contributed by atoms with Crippen LogP contribution in [0, 0.1) is 20.2 Å². The highest BCUT2D eigenvalue weighted by molar-refractivity contribution is 5.91. The van der Waals surface area contributed by atoms with E-state index in [2.05, 4.69) is 26.0 Å². The summed E-state index contributed by atoms with van der Waals surface area (Å²) in [5.41, 5.74) is -1.68. The van der Waals surface area contributed by atoms with Crippen molar-refractivity contribution in [2.45, 2.75) is 200 Å². The normalized spacial score (nSPS) is 11.8. The number of carbonyl (C=O) groups excluding carboxylic acids is 3. The third kappa shape index (κ3) is 27.7. The van der Waals surface area contributed by atoms with Crippen molar-refractivity contribution in [1.82, 2.24) is 0 Å². The monoisotopic (exact) mass is 789 g/mol. The van der Waals surface area contributed by atoms with E-state index >= 15 is 0 Å². The molecule has 1 aromatic rings. The molecular formula is C44H72N2O10. The van der Waals surface area contributed by atoms with Crippen LogP contribution in [0.1, 0.15) is 204 Å². The van der Waals surface area contributed by atoms with Gasteiger partial charge in [-0.05, 0) is 38.5 Å². The fraction of sp³-hybridized carbons (Fsp3) is 0.750. The van der Waals surface area contributed by atoms with E-state index in [1.807, 2.05) is 0 Å². The fourth-order valence-corrected chi connectivity index (χ4v) is 6.42. The molecule has 0 aliphatic rings. The standard InChI is InChI=1S/C44H72N2O10/c1-3-5-7-9-11-13-15-17-18-20-22-24-26-28-30-32-43(48)56-41(37-55-44(49)38-33-39(45(50)51)35-40(34-38)46(52)53)36-54-42(47)31-29-27-25-23-21-19-16-14-12-10-8-6-4-2/h17-18,33-35,41H,3-16,19-32,36-37H2,1-2H3/b18-17-/t41-/m0/s1. The molecule has 0 aliphatic heterocycles. The van der Waals surface area contributed by atoms with Crippen LogP contribution in [0.15, 0.2) is 30.4 Å². The summed E-state index contributed by atoms with van der Waals surface area (Å²) in [5, 5.41) is 22.5. The third-order valence-electron chi connectivity index (χ3n) is 9.82. The predicted molar refractivity (Wildman–Crippen MR) is 221 cm³/mol. The Kier molecular flexibility index (Phi) is 30.8. The molecule has 0 radical (unpaired) electrons. The van der Waals surface area contributed by atoms with Crippen LogP contribution in [-0.2, 0) is 23.8 Å². The van der Waals surface area contributed by atoms with Crippen molar-refractivity contribution in [2.24, 2.45) is 0 Å². The molecular weight excluding hydrogens is 716 g/mol. The predicted octanol–water partition coefficient (Wildman–Crippen LogP) is 12.6. The first-order valence-electron chi connectivity index (χ1n) is 21.8. The highest BCUT2D eigenvalue weighted by Crippen LogP contribution is 2.23. The minimum atomic E-state index is -1.11. The maximum absolute atomic E-state index is 12.8. The Morgan fingerprint density at radius 1 is 0.536 bits per heavy atom. The Morgan fingerprint density at radius 3 is 1.34 bits per heavy atom. The molecule has 0 bridgehead atoms. The van der Waals surface area contributed by atoms with Gasteiger partial charge in [-0.3, -0.25) is 29.8 Å². The van der Waals surface area contributed by atoms with Crippen LogP contribution >= 0.6 is 0 Å². The Bertz CT molecular complexity index is 1240. The van der Waals surface area contributed by atoms with Crippen molar-refractivity contribution in [3.05, 3.63) is 56.1 Å². The van der Waals surface area contributed by atoms with E-state index < -0.39 is 57.4 Å². The number of allylic oxidation sites excluding steroid dienone is 2. The zero-order valence-electron chi connectivity index (χ0n) is 34.7. The molecule has 1 aromatic carbocycles. The van der Waals surface area contributed by atoms with E-state index in [1.54, 1.807) is 0 Å². The first-order valence-corrected chi connectivity index (χ1v) is 21.8. The maximum Gasteiger partial charge on any atom is 0.338 e. The topological polar surface area (TPSA) is 165 Å². The number of nitro benzene ring substituents is 2. The molecule has 0 saturated heterocycles. The molecule has 12 nitrogen and oxygen atoms in total. The lowest BCUT2D eigenvalue weighted by Gasteiger charge is -2.18. The van der Waals surface area contributed by atoms with Crippen LogP contribution in [0.5, 0.6) is 0 Å². The van der Waals surface area contributed by atoms with Crippen molar-refractivity contribution < 1.29 is 38.4 Å². The van der Waals surface area contributed by atoms with Crippen LogP contribution in [-0.4, -0.2) is 47.1 Å². The Labute approximate surface area is 336 Å². The smallest absolute Gasteiger partial charge is 0.338 e. The number of nitro groups is 2. The summed E-state index contributed by atoms with van der Waals surface area (Å²) in [6, 6.07) is 2.49. The molecule has 318 valence electrons. The van der Waals surface area contributed by atoms with E-state index in [4.69, 9.17) is 14.2 Å². The van der Waals surface area contributed by atoms with Crippen LogP contribution in [0.2, 0.25) is 0 Å². The summed E-state index contributed by atoms with van der Waals surface area (Å²) in [6.45, 7) is 3.63. The average molecular weight is 789 g/mol. The lowest BCUT2D eigenvalue weighted by Crippen LogP contribution is -2.31. The van der Waals surface area contributed by atoms with Crippen LogP contribution in [0.4, 0.5) is 11.4 Å². The molecule has 0 saturated carbocycles. The molecule has 0 heterocycles. The lowest BCUT2D eigenvalue weighted by molar-refractivity contribution is -0.394. The number of hydrogen-bond acceptors (Lipinski definition) is 10. The summed E-state index contributed by atoms with van der Waals surface area (Å²) in [6.07, 6.45) is 33.9. The van der Waals surface area contributed by atoms with Gasteiger partial charge in [-0.25, -0.2) is 4.79 Å². The third-order valence-corrected chi connectivity index (χ3v) is 9.82. The van der Waals surface area contributed by atoms with Crippen molar-refractivity contribution in [1.29, 1.82) is 0 Å². The number of esters is 3. The zero-order valence-corrected chi connectivity index (χ0v) is 34.7. The van der Waals surface area contributed by atoms with Crippen LogP contribution < -0.4 is 0 Å². The Morgan fingerprint density at radius 2 is 0.911 bits per heavy atom. The second-order valence-electron chi connectivity index (χ2n) is 15.0. The molecule has 0 spiro atoms. The quantitative estimate of drug-likeness (QED) is 0.0158. The maximum atomic E-state index is 12.8. The summed E-state index contributed by atoms with van der Waals surface area (Å²) in [4.78, 5) is 58.9. The van der Waals surface area contributed by atoms with E-state index in [1.165, 1.54) is 96.3 Å². The molecule has 0 N–H and O–H groups in total. The van der Waals surface area contributed by atoms with Gasteiger partial charge in [-0.15, -0.1) is 0 Å². The number of unbranched alkanes of at least 4 members (excludes halogenated alkanes) is 23. The minimum Gasteiger partial charge on any atom is -0.462 e. The summed E-state index contributed by atoms with van der Waals surface area (Å²) in [5.74, 6) is -2.05. The number of nitrogens with zero attached hydrogens (tertiary/aromatic N) is 2. The number of hydrogen-bond donors (Lipinski definition) is 0. The Balaban J connectivity index is 2.49. The zero-order chi connectivity index (χ0) is 41.1. The summed E-state index contributed by atoms with van der Waals surface area (Å²) < 4.78 is 16.2. The van der Waals surface area contributed by atoms with Gasteiger partial charge in [0.25, 0.3) is 11.4 Å². The van der Waals surface area contributed by atoms with E-state index in [-0.39, 0.29) is 19.4 Å². The van der Waals surface area contributed by atoms with Gasteiger partial charge < -0.3 is 14.2 Å². The first kappa shape index (κ1) is 50.2. The van der Waals surface area contributed by atoms with Gasteiger partial charge in [0.05, 0.1) is 21.5 Å². The second kappa shape index (κ2) is 34.4. The van der Waals surface area contributed by atoms with Gasteiger partial charge in [-0.1, -0.05) is 154 Å². The molecule has 0 amide bonds. The average Bonchev–Trinajstić information content (AvgIpc) is 3.18. The van der Waals surface area contributed by atoms with Crippen molar-refractivity contribution >= 4 is 29.3 Å². The largest absolute Gasteiger partial charge is 0.462 e. The second-order valence-corrected chi connectivity index (χ2v) is 15.0. The summed E-state index contributed by atoms with van der Waals surface area (Å²) in [7, 11) is 0. The number of non-ortho nitro benzene ring substituents is 2. The van der Waals surface area contributed by atoms with Crippen molar-refractivity contribution in [3.63, 3.8) is 0 Å². The van der Waals surface area contributed by atoms with Crippen LogP contribution in [0.25, 0.3) is 0 Å². The summed E-state index contributed by atoms with van der Waals surface area (Å²) >= 11 is 0. The number of ether oxygens (including phenoxy) is 3. The van der Waals surface area contributed by atoms with Gasteiger partial charge in [0, 0.05) is 25.0 Å². The highest BCUT2D eigenvalue weighted by atomic mass is 16.6. The van der Waals surface area contributed by atoms with Gasteiger partial charge in [0.2, 0.25) is 0 Å². The molecule has 0 aromatic heterocycles. The first-order chi connectivity index (χ1) is 27.2. The molecule has 1 atom stereocenters. The van der Waals surface area contributed by atoms with Gasteiger partial charge in [-0.2, -0.15) is 0 Å². The molecule has 0 unspecified atom stereocenters. The van der Waals surface area contributed by atoms with Crippen molar-refractivity contribution in [3.8, 4) is 0 Å². The number of benzene rings is 1. The molecule has 56 heavy (non-hydrogen) atoms. The molecule has 0 aliphatic carbocycles. The fourth-order valence-electron chi connectivity index (χ4n) is 6.42. The number of carbonyl (C=O) groups is 3. The van der Waals surface area contributed by atoms with E-state index in [0.717, 1.165) is 76.0 Å². The lowest BCUT2D eigenvalue weighted by atomic mass is 10.0. The molecule has 0 fully saturated rings. The Hall–Kier alpha value is -3.83. The molecule has 1 rings (SSSR count). The van der Waals surface area contributed by atoms with Gasteiger partial charge >= 0.3 is 17.9 Å². The van der Waals surface area contributed by atoms with Crippen molar-refractivity contribution in [2.75, 3.05) is 13.2 Å². The minimum absolute atomic E-state index is 0.145. The number of rotatable bonds is 37. The highest BCUT2D eigenvalue weighted by Gasteiger charge is 2.24. The van der Waals surface area contributed by atoms with E-state index in [9.17, 15) is 34.6 Å². The molecule has 12 heteroatoms. The van der Waals surface area contributed by atoms with E-state index in [0.29, 0.717) is 12.8 Å². The SMILES string of the molecule is CCCCCCCC/C=C\CCCCCCCC(=O)O[C@@H](COC(=O)CCCCCCCCCCCCCCC)COC(=O)c1cc([N+](=O)[O-])cc([N+](=O)[O-])c1. The van der Waals surface area contributed by atoms with Crippen LogP contribution in [0.3, 0.4) is 0 Å².